The summed E-state index contributed by atoms with van der Waals surface area (Å²) in [4.78, 5) is 0. The van der Waals surface area contributed by atoms with Crippen LogP contribution in [0.5, 0.6) is 0 Å². The molecule has 4 rings (SSSR count). The largest absolute Gasteiger partial charge is 0.339 e. The van der Waals surface area contributed by atoms with Crippen LogP contribution in [0, 0.1) is 17.8 Å². The van der Waals surface area contributed by atoms with Crippen molar-refractivity contribution in [2.75, 3.05) is 0 Å². The number of benzene rings is 1. The van der Waals surface area contributed by atoms with Crippen LogP contribution in [0.4, 0.5) is 17.6 Å². The summed E-state index contributed by atoms with van der Waals surface area (Å²) in [5, 5.41) is 0. The molecule has 0 amide bonds. The van der Waals surface area contributed by atoms with Crippen LogP contribution in [0.15, 0.2) is 42.0 Å². The molecule has 0 atom stereocenters. The highest BCUT2D eigenvalue weighted by atomic mass is 19.3. The van der Waals surface area contributed by atoms with Crippen molar-refractivity contribution in [2.24, 2.45) is 17.8 Å². The molecule has 0 heterocycles. The van der Waals surface area contributed by atoms with Gasteiger partial charge >= 0.3 is 11.8 Å². The van der Waals surface area contributed by atoms with Crippen LogP contribution in [0.2, 0.25) is 0 Å². The van der Waals surface area contributed by atoms with Crippen LogP contribution in [0.25, 0.3) is 5.57 Å². The zero-order chi connectivity index (χ0) is 21.5. The van der Waals surface area contributed by atoms with Crippen LogP contribution in [-0.2, 0) is 0 Å². The second kappa shape index (κ2) is 8.16. The van der Waals surface area contributed by atoms with Crippen molar-refractivity contribution in [1.29, 1.82) is 0 Å². The molecule has 0 unspecified atom stereocenters. The zero-order valence-electron chi connectivity index (χ0n) is 17.9. The number of alkyl halides is 4. The maximum Gasteiger partial charge on any atom is 0.339 e. The molecule has 30 heavy (non-hydrogen) atoms. The second-order valence-electron chi connectivity index (χ2n) is 9.89. The van der Waals surface area contributed by atoms with Crippen molar-refractivity contribution >= 4 is 5.57 Å². The first kappa shape index (κ1) is 21.6. The average Bonchev–Trinajstić information content (AvgIpc) is 2.72. The van der Waals surface area contributed by atoms with E-state index in [9.17, 15) is 0 Å². The first-order chi connectivity index (χ1) is 14.2. The Kier molecular flexibility index (Phi) is 5.89. The number of allylic oxidation sites excluding steroid dienone is 4. The van der Waals surface area contributed by atoms with Crippen LogP contribution in [0.3, 0.4) is 0 Å². The Morgan fingerprint density at radius 1 is 0.633 bits per heavy atom. The first-order valence-electron chi connectivity index (χ1n) is 11.5. The van der Waals surface area contributed by atoms with Gasteiger partial charge in [0, 0.05) is 11.1 Å². The summed E-state index contributed by atoms with van der Waals surface area (Å²) in [7, 11) is 0. The van der Waals surface area contributed by atoms with Gasteiger partial charge in [0.05, 0.1) is 0 Å². The van der Waals surface area contributed by atoms with E-state index in [4.69, 9.17) is 0 Å². The van der Waals surface area contributed by atoms with Gasteiger partial charge in [-0.2, -0.15) is 17.6 Å². The van der Waals surface area contributed by atoms with Crippen LogP contribution < -0.4 is 0 Å². The Morgan fingerprint density at radius 2 is 1.13 bits per heavy atom. The molecule has 0 aromatic heterocycles. The summed E-state index contributed by atoms with van der Waals surface area (Å²) in [6, 6.07) is 6.91. The maximum atomic E-state index is 15.1. The minimum atomic E-state index is -4.19. The lowest BCUT2D eigenvalue weighted by atomic mass is 9.73. The second-order valence-corrected chi connectivity index (χ2v) is 9.89. The summed E-state index contributed by atoms with van der Waals surface area (Å²) in [6.07, 6.45) is 9.85. The van der Waals surface area contributed by atoms with Gasteiger partial charge in [-0.1, -0.05) is 75.9 Å². The third-order valence-electron chi connectivity index (χ3n) is 7.69. The number of hydrogen-bond acceptors (Lipinski definition) is 0. The normalized spacial score (nSPS) is 33.5. The standard InChI is InChI=1S/C26H32F4/c1-17-3-7-19(8-4-17)20-11-13-22(14-12-20)24-16-15-23(25(27,28)26(24,29)30)21-9-5-18(2)6-10-21/h11-19,21H,3-10H2,1-2H3. The molecule has 3 aliphatic carbocycles. The van der Waals surface area contributed by atoms with Gasteiger partial charge in [-0.15, -0.1) is 0 Å². The lowest BCUT2D eigenvalue weighted by Crippen LogP contribution is -2.46. The van der Waals surface area contributed by atoms with Gasteiger partial charge in [0.2, 0.25) is 0 Å². The summed E-state index contributed by atoms with van der Waals surface area (Å²) in [5.41, 5.74) is 0.380. The van der Waals surface area contributed by atoms with Crippen molar-refractivity contribution < 1.29 is 17.6 Å². The Hall–Kier alpha value is -1.58. The highest BCUT2D eigenvalue weighted by Gasteiger charge is 2.63. The number of hydrogen-bond donors (Lipinski definition) is 0. The van der Waals surface area contributed by atoms with E-state index in [1.165, 1.54) is 25.0 Å². The fourth-order valence-electron chi connectivity index (χ4n) is 5.50. The minimum absolute atomic E-state index is 0.195. The predicted octanol–water partition coefficient (Wildman–Crippen LogP) is 8.40. The molecule has 3 aliphatic rings. The van der Waals surface area contributed by atoms with E-state index >= 15 is 17.6 Å². The quantitative estimate of drug-likeness (QED) is 0.431. The zero-order valence-corrected chi connectivity index (χ0v) is 17.9. The summed E-state index contributed by atoms with van der Waals surface area (Å²) < 4.78 is 60.1. The molecule has 0 nitrogen and oxygen atoms in total. The fraction of sp³-hybridized carbons (Fsp3) is 0.615. The minimum Gasteiger partial charge on any atom is -0.194 e. The topological polar surface area (TPSA) is 0 Å². The van der Waals surface area contributed by atoms with Crippen LogP contribution >= 0.6 is 0 Å². The molecule has 164 valence electrons. The molecule has 2 saturated carbocycles. The molecule has 1 aromatic carbocycles. The van der Waals surface area contributed by atoms with Gasteiger partial charge in [-0.25, -0.2) is 0 Å². The van der Waals surface area contributed by atoms with Crippen molar-refractivity contribution in [1.82, 2.24) is 0 Å². The smallest absolute Gasteiger partial charge is 0.194 e. The monoisotopic (exact) mass is 420 g/mol. The molecule has 0 N–H and O–H groups in total. The van der Waals surface area contributed by atoms with Gasteiger partial charge in [-0.3, -0.25) is 0 Å². The third kappa shape index (κ3) is 3.87. The van der Waals surface area contributed by atoms with Gasteiger partial charge in [0.1, 0.15) is 0 Å². The Balaban J connectivity index is 1.59. The van der Waals surface area contributed by atoms with Crippen LogP contribution in [-0.4, -0.2) is 11.8 Å². The van der Waals surface area contributed by atoms with E-state index in [1.807, 2.05) is 12.1 Å². The number of rotatable bonds is 3. The molecule has 0 saturated heterocycles. The lowest BCUT2D eigenvalue weighted by molar-refractivity contribution is -0.153. The van der Waals surface area contributed by atoms with E-state index in [1.54, 1.807) is 12.1 Å². The molecule has 4 heteroatoms. The van der Waals surface area contributed by atoms with Crippen molar-refractivity contribution in [3.05, 3.63) is 53.1 Å². The number of halogens is 4. The van der Waals surface area contributed by atoms with E-state index in [0.29, 0.717) is 24.7 Å². The van der Waals surface area contributed by atoms with Gasteiger partial charge in [-0.05, 0) is 60.5 Å². The van der Waals surface area contributed by atoms with Gasteiger partial charge < -0.3 is 0 Å². The van der Waals surface area contributed by atoms with Crippen molar-refractivity contribution in [3.63, 3.8) is 0 Å². The fourth-order valence-corrected chi connectivity index (χ4v) is 5.50. The molecule has 1 aromatic rings. The Labute approximate surface area is 177 Å². The Morgan fingerprint density at radius 3 is 1.67 bits per heavy atom. The maximum absolute atomic E-state index is 15.1. The van der Waals surface area contributed by atoms with E-state index in [2.05, 4.69) is 13.8 Å². The van der Waals surface area contributed by atoms with E-state index in [0.717, 1.165) is 37.2 Å². The summed E-state index contributed by atoms with van der Waals surface area (Å²) in [5.74, 6) is -7.12. The molecule has 0 radical (unpaired) electrons. The van der Waals surface area contributed by atoms with Crippen molar-refractivity contribution in [2.45, 2.75) is 83.0 Å². The van der Waals surface area contributed by atoms with E-state index < -0.39 is 23.3 Å². The molecule has 0 aliphatic heterocycles. The van der Waals surface area contributed by atoms with E-state index in [-0.39, 0.29) is 11.1 Å². The third-order valence-corrected chi connectivity index (χ3v) is 7.69. The highest BCUT2D eigenvalue weighted by molar-refractivity contribution is 5.76. The highest BCUT2D eigenvalue weighted by Crippen LogP contribution is 2.54. The predicted molar refractivity (Wildman–Crippen MR) is 114 cm³/mol. The molecule has 2 fully saturated rings. The summed E-state index contributed by atoms with van der Waals surface area (Å²) >= 11 is 0. The van der Waals surface area contributed by atoms with Crippen LogP contribution in [0.1, 0.15) is 82.3 Å². The molecular formula is C26H32F4. The first-order valence-corrected chi connectivity index (χ1v) is 11.5. The summed E-state index contributed by atoms with van der Waals surface area (Å²) in [6.45, 7) is 4.35. The lowest BCUT2D eigenvalue weighted by Gasteiger charge is -2.38. The molecule has 0 spiro atoms. The van der Waals surface area contributed by atoms with Crippen molar-refractivity contribution in [3.8, 4) is 0 Å². The Bertz CT molecular complexity index is 802. The average molecular weight is 421 g/mol. The molecule has 0 bridgehead atoms. The van der Waals surface area contributed by atoms with Gasteiger partial charge in [0.15, 0.2) is 0 Å². The SMILES string of the molecule is CC1CCC(C2=CC=C(c3ccc(C4CCC(C)CC4)cc3)C(F)(F)C2(F)F)CC1. The molecular weight excluding hydrogens is 388 g/mol. The van der Waals surface area contributed by atoms with Gasteiger partial charge in [0.25, 0.3) is 0 Å².